The molecule has 0 saturated heterocycles. The second-order valence-electron chi connectivity index (χ2n) is 8.27. The van der Waals surface area contributed by atoms with Gasteiger partial charge in [-0.1, -0.05) is 39.3 Å². The first-order valence-electron chi connectivity index (χ1n) is 8.68. The highest BCUT2D eigenvalue weighted by Gasteiger charge is 2.22. The van der Waals surface area contributed by atoms with E-state index >= 15 is 0 Å². The number of nitrogens with one attached hydrogen (secondary N) is 1. The third-order valence-corrected chi connectivity index (χ3v) is 2.51. The maximum atomic E-state index is 11.0. The molecule has 0 aromatic carbocycles. The summed E-state index contributed by atoms with van der Waals surface area (Å²) >= 11 is 6.31. The van der Waals surface area contributed by atoms with E-state index in [9.17, 15) is 9.59 Å². The first kappa shape index (κ1) is 34.9. The van der Waals surface area contributed by atoms with Crippen molar-refractivity contribution in [2.24, 2.45) is 5.73 Å². The van der Waals surface area contributed by atoms with E-state index in [4.69, 9.17) is 19.9 Å². The summed E-state index contributed by atoms with van der Waals surface area (Å²) in [6.45, 7) is 17.6. The Labute approximate surface area is 189 Å². The molecule has 0 aliphatic heterocycles. The Kier molecular flexibility index (Phi) is 21.6. The quantitative estimate of drug-likeness (QED) is 0.358. The van der Waals surface area contributed by atoms with Gasteiger partial charge in [-0.3, -0.25) is 0 Å². The molecule has 0 atom stereocenters. The van der Waals surface area contributed by atoms with Crippen LogP contribution in [0.2, 0.25) is 0 Å². The van der Waals surface area contributed by atoms with Crippen molar-refractivity contribution < 1.29 is 23.8 Å². The van der Waals surface area contributed by atoms with Crippen LogP contribution in [0.1, 0.15) is 69.7 Å². The summed E-state index contributed by atoms with van der Waals surface area (Å²) in [6, 6.07) is 0. The first-order valence-corrected chi connectivity index (χ1v) is 10.9. The maximum Gasteiger partial charge on any atom is 0.509 e. The van der Waals surface area contributed by atoms with E-state index in [1.165, 1.54) is 0 Å². The summed E-state index contributed by atoms with van der Waals surface area (Å²) < 4.78 is 14.9. The van der Waals surface area contributed by atoms with Gasteiger partial charge in [0.25, 0.3) is 0 Å². The lowest BCUT2D eigenvalue weighted by atomic mass is 10.2. The van der Waals surface area contributed by atoms with Gasteiger partial charge in [0.2, 0.25) is 0 Å². The number of alkyl halides is 2. The molecule has 0 aromatic heterocycles. The Morgan fingerprint density at radius 2 is 1.11 bits per heavy atom. The fourth-order valence-electron chi connectivity index (χ4n) is 0.984. The highest BCUT2D eigenvalue weighted by molar-refractivity contribution is 9.09. The Bertz CT molecular complexity index is 381. The zero-order valence-corrected chi connectivity index (χ0v) is 21.4. The molecule has 0 unspecified atom stereocenters. The monoisotopic (exact) mass is 536 g/mol. The van der Waals surface area contributed by atoms with Gasteiger partial charge in [-0.15, -0.1) is 0 Å². The van der Waals surface area contributed by atoms with E-state index in [1.807, 2.05) is 20.8 Å². The summed E-state index contributed by atoms with van der Waals surface area (Å²) in [5.41, 5.74) is 3.61. The van der Waals surface area contributed by atoms with E-state index in [-0.39, 0.29) is 13.5 Å². The minimum Gasteiger partial charge on any atom is -0.444 e. The van der Waals surface area contributed by atoms with Gasteiger partial charge in [-0.25, -0.2) is 9.59 Å². The van der Waals surface area contributed by atoms with Gasteiger partial charge in [-0.05, 0) is 62.3 Å². The highest BCUT2D eigenvalue weighted by atomic mass is 79.9. The molecule has 9 heteroatoms. The van der Waals surface area contributed by atoms with Crippen molar-refractivity contribution in [1.29, 1.82) is 0 Å². The molecule has 0 rings (SSSR count). The van der Waals surface area contributed by atoms with Crippen LogP contribution >= 0.6 is 31.9 Å². The molecule has 0 aliphatic rings. The van der Waals surface area contributed by atoms with E-state index in [2.05, 4.69) is 37.2 Å². The molecule has 3 N–H and O–H groups in total. The summed E-state index contributed by atoms with van der Waals surface area (Å²) in [4.78, 5) is 21.9. The molecule has 0 fully saturated rings. The number of amides is 1. The zero-order valence-electron chi connectivity index (χ0n) is 18.2. The molecule has 172 valence electrons. The highest BCUT2D eigenvalue weighted by Crippen LogP contribution is 2.13. The van der Waals surface area contributed by atoms with Crippen LogP contribution in [0.15, 0.2) is 0 Å². The second kappa shape index (κ2) is 17.3. The molecule has 0 heterocycles. The first-order chi connectivity index (χ1) is 12.0. The lowest BCUT2D eigenvalue weighted by molar-refractivity contribution is -0.0468. The zero-order chi connectivity index (χ0) is 22.3. The number of carbonyl (C=O) groups is 2. The fraction of sp³-hybridized carbons (Fsp3) is 0.895. The Morgan fingerprint density at radius 1 is 0.786 bits per heavy atom. The summed E-state index contributed by atoms with van der Waals surface area (Å²) in [5, 5.41) is 4.23. The normalized spacial score (nSPS) is 10.7. The number of alkyl carbamates (subject to hydrolysis) is 1. The van der Waals surface area contributed by atoms with Crippen molar-refractivity contribution >= 4 is 44.1 Å². The summed E-state index contributed by atoms with van der Waals surface area (Å²) in [6.07, 6.45) is -0.980. The number of nitrogens with two attached hydrogens (primary N) is 1. The van der Waals surface area contributed by atoms with Crippen LogP contribution < -0.4 is 11.1 Å². The number of halogens is 2. The lowest BCUT2D eigenvalue weighted by Gasteiger charge is -2.24. The van der Waals surface area contributed by atoms with Crippen molar-refractivity contribution in [2.75, 3.05) is 23.7 Å². The molecule has 1 amide bonds. The molecule has 0 saturated carbocycles. The minimum absolute atomic E-state index is 0. The van der Waals surface area contributed by atoms with Crippen molar-refractivity contribution in [3.05, 3.63) is 0 Å². The Morgan fingerprint density at radius 3 is 1.32 bits per heavy atom. The largest absolute Gasteiger partial charge is 0.509 e. The topological polar surface area (TPSA) is 99.9 Å². The van der Waals surface area contributed by atoms with Crippen LogP contribution in [0.4, 0.5) is 9.59 Å². The van der Waals surface area contributed by atoms with Crippen LogP contribution in [0.3, 0.4) is 0 Å². The minimum atomic E-state index is -0.616. The van der Waals surface area contributed by atoms with Crippen LogP contribution in [0.25, 0.3) is 0 Å². The molecular weight excluding hydrogens is 496 g/mol. The van der Waals surface area contributed by atoms with Gasteiger partial charge in [0.1, 0.15) is 16.8 Å². The Balaban J connectivity index is -0.000000168. The summed E-state index contributed by atoms with van der Waals surface area (Å²) in [7, 11) is 0. The molecular formula is C19H42Br2N2O5. The van der Waals surface area contributed by atoms with E-state index in [0.29, 0.717) is 6.54 Å². The van der Waals surface area contributed by atoms with Crippen molar-refractivity contribution in [1.82, 2.24) is 5.32 Å². The molecule has 0 spiro atoms. The molecule has 28 heavy (non-hydrogen) atoms. The SMILES string of the molecule is C.CC(C)(C)OC(=O)NCCBr.CC(C)(C)OC(=O)OC(C)(C)C.NCCBr. The van der Waals surface area contributed by atoms with E-state index in [0.717, 1.165) is 17.2 Å². The predicted octanol–water partition coefficient (Wildman–Crippen LogP) is 5.62. The van der Waals surface area contributed by atoms with Gasteiger partial charge in [0.05, 0.1) is 0 Å². The van der Waals surface area contributed by atoms with Crippen molar-refractivity contribution in [3.63, 3.8) is 0 Å². The molecule has 0 aliphatic carbocycles. The number of carbonyl (C=O) groups excluding carboxylic acids is 2. The smallest absolute Gasteiger partial charge is 0.444 e. The van der Waals surface area contributed by atoms with Gasteiger partial charge in [0.15, 0.2) is 0 Å². The van der Waals surface area contributed by atoms with Crippen LogP contribution in [0, 0.1) is 0 Å². The van der Waals surface area contributed by atoms with E-state index < -0.39 is 23.0 Å². The number of hydrogen-bond acceptors (Lipinski definition) is 6. The Hall–Kier alpha value is -0.540. The number of ether oxygens (including phenoxy) is 3. The summed E-state index contributed by atoms with van der Waals surface area (Å²) in [5.74, 6) is 0. The van der Waals surface area contributed by atoms with Crippen LogP contribution in [0.5, 0.6) is 0 Å². The number of rotatable bonds is 3. The average molecular weight is 538 g/mol. The molecule has 0 radical (unpaired) electrons. The van der Waals surface area contributed by atoms with Crippen molar-refractivity contribution in [2.45, 2.75) is 86.5 Å². The average Bonchev–Trinajstić information content (AvgIpc) is 2.40. The molecule has 7 nitrogen and oxygen atoms in total. The van der Waals surface area contributed by atoms with E-state index in [1.54, 1.807) is 41.5 Å². The van der Waals surface area contributed by atoms with Crippen LogP contribution in [-0.2, 0) is 14.2 Å². The second-order valence-corrected chi connectivity index (χ2v) is 9.86. The van der Waals surface area contributed by atoms with Gasteiger partial charge >= 0.3 is 12.2 Å². The van der Waals surface area contributed by atoms with Crippen molar-refractivity contribution in [3.8, 4) is 0 Å². The third-order valence-electron chi connectivity index (χ3n) is 1.65. The van der Waals surface area contributed by atoms with Gasteiger partial charge in [-0.2, -0.15) is 0 Å². The lowest BCUT2D eigenvalue weighted by Crippen LogP contribution is -2.33. The van der Waals surface area contributed by atoms with Gasteiger partial charge in [0, 0.05) is 23.7 Å². The maximum absolute atomic E-state index is 11.0. The standard InChI is InChI=1S/C9H18O3.C7H14BrNO2.C2H6BrN.CH4/c1-8(2,3)11-7(10)12-9(4,5)6;1-7(2,3)11-6(10)9-5-4-8;3-1-2-4;/h1-6H3;4-5H2,1-3H3,(H,9,10);1-2,4H2;1H4. The molecule has 0 bridgehead atoms. The van der Waals surface area contributed by atoms with Crippen LogP contribution in [-0.4, -0.2) is 52.8 Å². The fourth-order valence-corrected chi connectivity index (χ4v) is 1.18. The molecule has 0 aromatic rings. The number of hydrogen-bond donors (Lipinski definition) is 2. The predicted molar refractivity (Wildman–Crippen MR) is 125 cm³/mol. The third kappa shape index (κ3) is 40.2. The van der Waals surface area contributed by atoms with Gasteiger partial charge < -0.3 is 25.3 Å².